The highest BCUT2D eigenvalue weighted by Crippen LogP contribution is 2.46. The molecule has 2 aliphatic rings. The second-order valence-electron chi connectivity index (χ2n) is 6.10. The molecule has 0 aromatic carbocycles. The molecule has 0 aromatic rings. The third-order valence-corrected chi connectivity index (χ3v) is 4.79. The summed E-state index contributed by atoms with van der Waals surface area (Å²) in [6.07, 6.45) is 9.47. The van der Waals surface area contributed by atoms with E-state index in [0.29, 0.717) is 5.57 Å². The van der Waals surface area contributed by atoms with Crippen LogP contribution >= 0.6 is 0 Å². The molecule has 0 amide bonds. The van der Waals surface area contributed by atoms with E-state index < -0.39 is 11.6 Å². The van der Waals surface area contributed by atoms with Gasteiger partial charge in [0.25, 0.3) is 0 Å². The minimum Gasteiger partial charge on any atom is -0.447 e. The fourth-order valence-corrected chi connectivity index (χ4v) is 3.72. The number of carbonyl (C=O) groups excluding carboxylic acids is 2. The number of esters is 1. The summed E-state index contributed by atoms with van der Waals surface area (Å²) in [5.41, 5.74) is -0.509. The molecule has 19 heavy (non-hydrogen) atoms. The van der Waals surface area contributed by atoms with Crippen LogP contribution in [-0.2, 0) is 14.3 Å². The second kappa shape index (κ2) is 5.89. The average molecular weight is 264 g/mol. The fourth-order valence-electron chi connectivity index (χ4n) is 3.72. The van der Waals surface area contributed by atoms with Crippen LogP contribution in [0.3, 0.4) is 0 Å². The number of hydrogen-bond acceptors (Lipinski definition) is 3. The van der Waals surface area contributed by atoms with Crippen molar-refractivity contribution >= 4 is 12.3 Å². The third kappa shape index (κ3) is 2.75. The molecular weight excluding hydrogens is 240 g/mol. The van der Waals surface area contributed by atoms with E-state index in [1.165, 1.54) is 0 Å². The van der Waals surface area contributed by atoms with Gasteiger partial charge in [-0.1, -0.05) is 32.3 Å². The van der Waals surface area contributed by atoms with Gasteiger partial charge >= 0.3 is 5.97 Å². The van der Waals surface area contributed by atoms with Gasteiger partial charge in [0.15, 0.2) is 11.9 Å². The molecule has 0 spiro atoms. The van der Waals surface area contributed by atoms with Gasteiger partial charge in [0.2, 0.25) is 0 Å². The van der Waals surface area contributed by atoms with Gasteiger partial charge in [0.05, 0.1) is 0 Å². The largest absolute Gasteiger partial charge is 0.447 e. The normalized spacial score (nSPS) is 21.5. The predicted octanol–water partition coefficient (Wildman–Crippen LogP) is 3.42. The van der Waals surface area contributed by atoms with Crippen molar-refractivity contribution in [3.8, 4) is 0 Å². The molecule has 2 fully saturated rings. The highest BCUT2D eigenvalue weighted by Gasteiger charge is 2.50. The highest BCUT2D eigenvalue weighted by atomic mass is 16.6. The maximum absolute atomic E-state index is 12.0. The van der Waals surface area contributed by atoms with E-state index >= 15 is 0 Å². The molecule has 0 aromatic heterocycles. The monoisotopic (exact) mass is 264 g/mol. The van der Waals surface area contributed by atoms with Crippen LogP contribution in [0.25, 0.3) is 0 Å². The molecule has 0 saturated heterocycles. The summed E-state index contributed by atoms with van der Waals surface area (Å²) in [5.74, 6) is -0.00120. The molecule has 0 N–H and O–H groups in total. The quantitative estimate of drug-likeness (QED) is 0.434. The molecule has 0 radical (unpaired) electrons. The summed E-state index contributed by atoms with van der Waals surface area (Å²) in [6, 6.07) is 0. The van der Waals surface area contributed by atoms with Crippen LogP contribution in [0.15, 0.2) is 12.2 Å². The van der Waals surface area contributed by atoms with E-state index in [0.717, 1.165) is 57.7 Å². The van der Waals surface area contributed by atoms with Gasteiger partial charge in [-0.15, -0.1) is 0 Å². The zero-order valence-electron chi connectivity index (χ0n) is 11.8. The first-order valence-electron chi connectivity index (χ1n) is 7.45. The van der Waals surface area contributed by atoms with E-state index in [2.05, 4.69) is 6.58 Å². The van der Waals surface area contributed by atoms with Crippen LogP contribution in [0, 0.1) is 11.8 Å². The first kappa shape index (κ1) is 14.3. The Labute approximate surface area is 115 Å². The van der Waals surface area contributed by atoms with Gasteiger partial charge in [0.1, 0.15) is 0 Å². The second-order valence-corrected chi connectivity index (χ2v) is 6.10. The Balaban J connectivity index is 2.25. The zero-order valence-corrected chi connectivity index (χ0v) is 11.8. The summed E-state index contributed by atoms with van der Waals surface area (Å²) >= 11 is 0. The number of carbonyl (C=O) groups is 2. The van der Waals surface area contributed by atoms with Crippen LogP contribution in [-0.4, -0.2) is 17.9 Å². The molecule has 0 heterocycles. The van der Waals surface area contributed by atoms with E-state index in [1.54, 1.807) is 6.92 Å². The molecule has 0 unspecified atom stereocenters. The smallest absolute Gasteiger partial charge is 0.334 e. The molecule has 3 nitrogen and oxygen atoms in total. The van der Waals surface area contributed by atoms with Crippen molar-refractivity contribution in [3.05, 3.63) is 12.2 Å². The van der Waals surface area contributed by atoms with Crippen LogP contribution < -0.4 is 0 Å². The molecule has 2 saturated carbocycles. The van der Waals surface area contributed by atoms with Crippen LogP contribution in [0.2, 0.25) is 0 Å². The lowest BCUT2D eigenvalue weighted by Crippen LogP contribution is -2.49. The minimum atomic E-state index is -0.886. The van der Waals surface area contributed by atoms with Crippen molar-refractivity contribution in [1.82, 2.24) is 0 Å². The van der Waals surface area contributed by atoms with Gasteiger partial charge in [-0.25, -0.2) is 4.79 Å². The summed E-state index contributed by atoms with van der Waals surface area (Å²) < 4.78 is 5.71. The van der Waals surface area contributed by atoms with Crippen LogP contribution in [0.4, 0.5) is 0 Å². The van der Waals surface area contributed by atoms with Crippen molar-refractivity contribution in [3.63, 3.8) is 0 Å². The van der Waals surface area contributed by atoms with Gasteiger partial charge in [-0.2, -0.15) is 0 Å². The van der Waals surface area contributed by atoms with E-state index in [-0.39, 0.29) is 11.8 Å². The summed E-state index contributed by atoms with van der Waals surface area (Å²) in [6.45, 7) is 5.28. The third-order valence-electron chi connectivity index (χ3n) is 4.79. The first-order chi connectivity index (χ1) is 9.10. The van der Waals surface area contributed by atoms with Crippen molar-refractivity contribution < 1.29 is 14.3 Å². The SMILES string of the molecule is C=C(C)C(=O)OC(C=O)(C1CCCC1)C1CCCC1. The molecule has 0 aliphatic heterocycles. The standard InChI is InChI=1S/C16H24O3/c1-12(2)15(18)19-16(11-17,13-7-3-4-8-13)14-9-5-6-10-14/h11,13-14H,1,3-10H2,2H3. The predicted molar refractivity (Wildman–Crippen MR) is 73.6 cm³/mol. The lowest BCUT2D eigenvalue weighted by atomic mass is 9.75. The van der Waals surface area contributed by atoms with E-state index in [4.69, 9.17) is 4.74 Å². The highest BCUT2D eigenvalue weighted by molar-refractivity contribution is 5.89. The molecule has 3 heteroatoms. The fraction of sp³-hybridized carbons (Fsp3) is 0.750. The summed E-state index contributed by atoms with van der Waals surface area (Å²) in [7, 11) is 0. The van der Waals surface area contributed by atoms with Gasteiger partial charge < -0.3 is 4.74 Å². The Bertz CT molecular complexity index is 344. The Kier molecular flexibility index (Phi) is 4.43. The number of ether oxygens (including phenoxy) is 1. The lowest BCUT2D eigenvalue weighted by molar-refractivity contribution is -0.172. The van der Waals surface area contributed by atoms with Crippen LogP contribution in [0.5, 0.6) is 0 Å². The summed E-state index contributed by atoms with van der Waals surface area (Å²) in [5, 5.41) is 0. The van der Waals surface area contributed by atoms with Gasteiger partial charge in [-0.05, 0) is 32.6 Å². The molecule has 0 atom stereocenters. The van der Waals surface area contributed by atoms with Crippen LogP contribution in [0.1, 0.15) is 58.3 Å². The Morgan fingerprint density at radius 1 is 1.11 bits per heavy atom. The van der Waals surface area contributed by atoms with Crippen molar-refractivity contribution in [2.24, 2.45) is 11.8 Å². The van der Waals surface area contributed by atoms with Crippen molar-refractivity contribution in [2.75, 3.05) is 0 Å². The molecular formula is C16H24O3. The van der Waals surface area contributed by atoms with E-state index in [1.807, 2.05) is 0 Å². The average Bonchev–Trinajstić information content (AvgIpc) is 3.08. The Morgan fingerprint density at radius 2 is 1.53 bits per heavy atom. The van der Waals surface area contributed by atoms with Crippen molar-refractivity contribution in [2.45, 2.75) is 63.9 Å². The van der Waals surface area contributed by atoms with E-state index in [9.17, 15) is 9.59 Å². The van der Waals surface area contributed by atoms with Gasteiger partial charge in [0, 0.05) is 17.4 Å². The lowest BCUT2D eigenvalue weighted by Gasteiger charge is -2.38. The molecule has 2 rings (SSSR count). The van der Waals surface area contributed by atoms with Gasteiger partial charge in [-0.3, -0.25) is 4.79 Å². The van der Waals surface area contributed by atoms with Crippen molar-refractivity contribution in [1.29, 1.82) is 0 Å². The topological polar surface area (TPSA) is 43.4 Å². The number of aldehydes is 1. The molecule has 106 valence electrons. The first-order valence-corrected chi connectivity index (χ1v) is 7.45. The number of rotatable bonds is 5. The summed E-state index contributed by atoms with van der Waals surface area (Å²) in [4.78, 5) is 23.8. The minimum absolute atomic E-state index is 0.205. The zero-order chi connectivity index (χ0) is 13.9. The molecule has 2 aliphatic carbocycles. The maximum atomic E-state index is 12.0. The maximum Gasteiger partial charge on any atom is 0.334 e. The Morgan fingerprint density at radius 3 is 1.84 bits per heavy atom. The molecule has 0 bridgehead atoms. The Hall–Kier alpha value is -1.12. The number of hydrogen-bond donors (Lipinski definition) is 0.